The summed E-state index contributed by atoms with van der Waals surface area (Å²) < 4.78 is 29.1. The second-order valence-corrected chi connectivity index (χ2v) is 5.36. The average molecular weight is 330 g/mol. The zero-order valence-corrected chi connectivity index (χ0v) is 13.4. The van der Waals surface area contributed by atoms with Gasteiger partial charge in [0.25, 0.3) is 0 Å². The summed E-state index contributed by atoms with van der Waals surface area (Å²) in [6.45, 7) is 1.49. The van der Waals surface area contributed by atoms with Gasteiger partial charge in [-0.1, -0.05) is 26.0 Å². The SMILES string of the molecule is CCC(CC)(CCO)CNC(=O)Nc1ccccc1OC(F)F. The van der Waals surface area contributed by atoms with Crippen LogP contribution in [0.15, 0.2) is 24.3 Å². The van der Waals surface area contributed by atoms with Crippen LogP contribution in [0.25, 0.3) is 0 Å². The second kappa shape index (κ2) is 9.29. The summed E-state index contributed by atoms with van der Waals surface area (Å²) in [5.74, 6) is -0.0924. The van der Waals surface area contributed by atoms with Gasteiger partial charge in [-0.2, -0.15) is 8.78 Å². The Morgan fingerprint density at radius 3 is 2.52 bits per heavy atom. The van der Waals surface area contributed by atoms with Crippen molar-refractivity contribution < 1.29 is 23.4 Å². The molecule has 2 amide bonds. The molecule has 5 nitrogen and oxygen atoms in total. The lowest BCUT2D eigenvalue weighted by Crippen LogP contribution is -2.39. The molecular weight excluding hydrogens is 306 g/mol. The molecule has 3 N–H and O–H groups in total. The highest BCUT2D eigenvalue weighted by atomic mass is 19.3. The standard InChI is InChI=1S/C16H24F2N2O3/c1-3-16(4-2,9-10-21)11-19-15(22)20-12-7-5-6-8-13(12)23-14(17)18/h5-8,14,21H,3-4,9-11H2,1-2H3,(H2,19,20,22). The number of aliphatic hydroxyl groups excluding tert-OH is 1. The number of alkyl halides is 2. The third kappa shape index (κ3) is 6.02. The number of aliphatic hydroxyl groups is 1. The van der Waals surface area contributed by atoms with Crippen LogP contribution in [0.1, 0.15) is 33.1 Å². The number of carbonyl (C=O) groups is 1. The van der Waals surface area contributed by atoms with Crippen molar-refractivity contribution in [3.05, 3.63) is 24.3 Å². The number of ether oxygens (including phenoxy) is 1. The molecule has 0 aliphatic heterocycles. The first kappa shape index (κ1) is 19.2. The van der Waals surface area contributed by atoms with Gasteiger partial charge in [-0.3, -0.25) is 0 Å². The van der Waals surface area contributed by atoms with Gasteiger partial charge >= 0.3 is 12.6 Å². The number of benzene rings is 1. The lowest BCUT2D eigenvalue weighted by atomic mass is 9.79. The number of nitrogens with one attached hydrogen (secondary N) is 2. The molecular formula is C16H24F2N2O3. The molecule has 1 aromatic carbocycles. The molecule has 1 rings (SSSR count). The summed E-state index contributed by atoms with van der Waals surface area (Å²) in [4.78, 5) is 12.0. The van der Waals surface area contributed by atoms with E-state index < -0.39 is 12.6 Å². The minimum Gasteiger partial charge on any atom is -0.433 e. The second-order valence-electron chi connectivity index (χ2n) is 5.36. The van der Waals surface area contributed by atoms with E-state index in [9.17, 15) is 13.6 Å². The Hall–Kier alpha value is -1.89. The van der Waals surface area contributed by atoms with Crippen molar-refractivity contribution in [3.63, 3.8) is 0 Å². The van der Waals surface area contributed by atoms with E-state index in [2.05, 4.69) is 15.4 Å². The number of halogens is 2. The summed E-state index contributed by atoms with van der Waals surface area (Å²) in [5, 5.41) is 14.4. The van der Waals surface area contributed by atoms with Gasteiger partial charge in [0, 0.05) is 13.2 Å². The summed E-state index contributed by atoms with van der Waals surface area (Å²) in [7, 11) is 0. The van der Waals surface area contributed by atoms with Crippen LogP contribution in [-0.4, -0.2) is 30.9 Å². The minimum absolute atomic E-state index is 0.0516. The Balaban J connectivity index is 2.66. The van der Waals surface area contributed by atoms with E-state index in [1.165, 1.54) is 12.1 Å². The Labute approximate surface area is 135 Å². The number of hydrogen-bond donors (Lipinski definition) is 3. The Bertz CT molecular complexity index is 494. The molecule has 0 radical (unpaired) electrons. The van der Waals surface area contributed by atoms with Gasteiger partial charge in [0.15, 0.2) is 0 Å². The largest absolute Gasteiger partial charge is 0.433 e. The van der Waals surface area contributed by atoms with Crippen molar-refractivity contribution in [1.29, 1.82) is 0 Å². The quantitative estimate of drug-likeness (QED) is 0.648. The first-order chi connectivity index (χ1) is 11.0. The molecule has 0 heterocycles. The summed E-state index contributed by atoms with van der Waals surface area (Å²) in [6.07, 6.45) is 2.22. The number of amides is 2. The third-order valence-electron chi connectivity index (χ3n) is 4.12. The zero-order chi connectivity index (χ0) is 17.3. The number of anilines is 1. The summed E-state index contributed by atoms with van der Waals surface area (Å²) in [5.41, 5.74) is -0.00324. The van der Waals surface area contributed by atoms with Crippen molar-refractivity contribution >= 4 is 11.7 Å². The predicted molar refractivity (Wildman–Crippen MR) is 84.8 cm³/mol. The van der Waals surface area contributed by atoms with Crippen molar-refractivity contribution in [2.75, 3.05) is 18.5 Å². The van der Waals surface area contributed by atoms with Crippen molar-refractivity contribution in [2.24, 2.45) is 5.41 Å². The molecule has 7 heteroatoms. The Morgan fingerprint density at radius 1 is 1.30 bits per heavy atom. The highest BCUT2D eigenvalue weighted by Gasteiger charge is 2.26. The normalized spacial score (nSPS) is 11.4. The Morgan fingerprint density at radius 2 is 1.96 bits per heavy atom. The van der Waals surface area contributed by atoms with Crippen LogP contribution in [0.2, 0.25) is 0 Å². The maximum Gasteiger partial charge on any atom is 0.387 e. The van der Waals surface area contributed by atoms with E-state index in [1.807, 2.05) is 13.8 Å². The molecule has 0 saturated carbocycles. The fourth-order valence-electron chi connectivity index (χ4n) is 2.38. The van der Waals surface area contributed by atoms with E-state index in [4.69, 9.17) is 5.11 Å². The molecule has 0 saturated heterocycles. The number of carbonyl (C=O) groups excluding carboxylic acids is 1. The predicted octanol–water partition coefficient (Wildman–Crippen LogP) is 3.60. The minimum atomic E-state index is -2.96. The van der Waals surface area contributed by atoms with Gasteiger partial charge in [0.2, 0.25) is 0 Å². The first-order valence-corrected chi connectivity index (χ1v) is 7.66. The highest BCUT2D eigenvalue weighted by Crippen LogP contribution is 2.29. The topological polar surface area (TPSA) is 70.6 Å². The third-order valence-corrected chi connectivity index (χ3v) is 4.12. The average Bonchev–Trinajstić information content (AvgIpc) is 2.53. The molecule has 23 heavy (non-hydrogen) atoms. The maximum atomic E-state index is 12.3. The first-order valence-electron chi connectivity index (χ1n) is 7.66. The lowest BCUT2D eigenvalue weighted by Gasteiger charge is -2.31. The van der Waals surface area contributed by atoms with Crippen LogP contribution >= 0.6 is 0 Å². The summed E-state index contributed by atoms with van der Waals surface area (Å²) in [6, 6.07) is 5.50. The zero-order valence-electron chi connectivity index (χ0n) is 13.4. The molecule has 0 fully saturated rings. The monoisotopic (exact) mass is 330 g/mol. The molecule has 0 unspecified atom stereocenters. The molecule has 1 aromatic rings. The molecule has 0 bridgehead atoms. The van der Waals surface area contributed by atoms with Crippen molar-refractivity contribution in [3.8, 4) is 5.75 Å². The Kier molecular flexibility index (Phi) is 7.74. The van der Waals surface area contributed by atoms with Crippen LogP contribution in [0, 0.1) is 5.41 Å². The van der Waals surface area contributed by atoms with Crippen LogP contribution in [0.5, 0.6) is 5.75 Å². The highest BCUT2D eigenvalue weighted by molar-refractivity contribution is 5.90. The van der Waals surface area contributed by atoms with Gasteiger partial charge in [-0.15, -0.1) is 0 Å². The van der Waals surface area contributed by atoms with E-state index in [-0.39, 0.29) is 23.5 Å². The molecule has 0 aromatic heterocycles. The summed E-state index contributed by atoms with van der Waals surface area (Å²) >= 11 is 0. The lowest BCUT2D eigenvalue weighted by molar-refractivity contribution is -0.0493. The van der Waals surface area contributed by atoms with Crippen molar-refractivity contribution in [2.45, 2.75) is 39.7 Å². The number of rotatable bonds is 9. The van der Waals surface area contributed by atoms with E-state index in [0.29, 0.717) is 13.0 Å². The van der Waals surface area contributed by atoms with Gasteiger partial charge in [0.1, 0.15) is 5.75 Å². The van der Waals surface area contributed by atoms with Crippen molar-refractivity contribution in [1.82, 2.24) is 5.32 Å². The molecule has 0 atom stereocenters. The van der Waals surface area contributed by atoms with Crippen LogP contribution in [0.3, 0.4) is 0 Å². The molecule has 0 spiro atoms. The smallest absolute Gasteiger partial charge is 0.387 e. The fourth-order valence-corrected chi connectivity index (χ4v) is 2.38. The fraction of sp³-hybridized carbons (Fsp3) is 0.562. The number of hydrogen-bond acceptors (Lipinski definition) is 3. The van der Waals surface area contributed by atoms with Gasteiger partial charge in [0.05, 0.1) is 5.69 Å². The number of urea groups is 1. The number of para-hydroxylation sites is 2. The van der Waals surface area contributed by atoms with Crippen LogP contribution in [-0.2, 0) is 0 Å². The van der Waals surface area contributed by atoms with Crippen LogP contribution < -0.4 is 15.4 Å². The van der Waals surface area contributed by atoms with E-state index >= 15 is 0 Å². The van der Waals surface area contributed by atoms with Gasteiger partial charge < -0.3 is 20.5 Å². The van der Waals surface area contributed by atoms with E-state index in [1.54, 1.807) is 12.1 Å². The van der Waals surface area contributed by atoms with Crippen LogP contribution in [0.4, 0.5) is 19.3 Å². The molecule has 0 aliphatic rings. The van der Waals surface area contributed by atoms with Gasteiger partial charge in [-0.25, -0.2) is 4.79 Å². The van der Waals surface area contributed by atoms with E-state index in [0.717, 1.165) is 12.8 Å². The molecule has 0 aliphatic carbocycles. The van der Waals surface area contributed by atoms with Gasteiger partial charge in [-0.05, 0) is 36.8 Å². The molecule has 130 valence electrons. The maximum absolute atomic E-state index is 12.3.